The normalized spacial score (nSPS) is 19.6. The lowest BCUT2D eigenvalue weighted by molar-refractivity contribution is -0.123. The van der Waals surface area contributed by atoms with Gasteiger partial charge in [0.15, 0.2) is 0 Å². The highest BCUT2D eigenvalue weighted by Gasteiger charge is 2.27. The maximum absolute atomic E-state index is 12.7. The van der Waals surface area contributed by atoms with Crippen molar-refractivity contribution in [3.63, 3.8) is 0 Å². The summed E-state index contributed by atoms with van der Waals surface area (Å²) in [7, 11) is -3.42. The predicted octanol–water partition coefficient (Wildman–Crippen LogP) is 1.83. The van der Waals surface area contributed by atoms with E-state index in [1.54, 1.807) is 18.7 Å². The van der Waals surface area contributed by atoms with Gasteiger partial charge in [-0.2, -0.15) is 11.8 Å². The smallest absolute Gasteiger partial charge is 0.238 e. The second-order valence-corrected chi connectivity index (χ2v) is 9.95. The number of benzene rings is 1. The minimum Gasteiger partial charge on any atom is -0.351 e. The van der Waals surface area contributed by atoms with Crippen molar-refractivity contribution in [2.45, 2.75) is 44.8 Å². The number of hydrogen-bond donors (Lipinski definition) is 2. The maximum atomic E-state index is 12.7. The highest BCUT2D eigenvalue weighted by Crippen LogP contribution is 2.14. The van der Waals surface area contributed by atoms with Gasteiger partial charge in [0.25, 0.3) is 0 Å². The number of nitrogens with one attached hydrogen (secondary N) is 2. The molecule has 1 saturated heterocycles. The standard InChI is InChI=1S/C19H31N3O3S2/c1-3-27(24,25)21-18(11-13-26-2)19(23)20-17-10-7-12-22(15-17)14-16-8-5-4-6-9-16/h4-6,8-9,17-18,21H,3,7,10-15H2,1-2H3,(H,20,23). The molecule has 1 aliphatic heterocycles. The summed E-state index contributed by atoms with van der Waals surface area (Å²) in [4.78, 5) is 15.1. The van der Waals surface area contributed by atoms with E-state index in [0.717, 1.165) is 38.2 Å². The average molecular weight is 414 g/mol. The summed E-state index contributed by atoms with van der Waals surface area (Å²) >= 11 is 1.61. The van der Waals surface area contributed by atoms with E-state index in [0.29, 0.717) is 6.42 Å². The van der Waals surface area contributed by atoms with Crippen LogP contribution in [-0.4, -0.2) is 62.2 Å². The van der Waals surface area contributed by atoms with Gasteiger partial charge in [-0.25, -0.2) is 13.1 Å². The fourth-order valence-corrected chi connectivity index (χ4v) is 4.54. The molecule has 1 amide bonds. The average Bonchev–Trinajstić information content (AvgIpc) is 2.66. The molecular weight excluding hydrogens is 382 g/mol. The van der Waals surface area contributed by atoms with Gasteiger partial charge in [-0.1, -0.05) is 30.3 Å². The van der Waals surface area contributed by atoms with Gasteiger partial charge in [-0.3, -0.25) is 9.69 Å². The number of piperidine rings is 1. The molecule has 0 radical (unpaired) electrons. The molecule has 2 N–H and O–H groups in total. The van der Waals surface area contributed by atoms with Crippen molar-refractivity contribution in [1.29, 1.82) is 0 Å². The molecule has 27 heavy (non-hydrogen) atoms. The minimum absolute atomic E-state index is 0.0235. The number of carbonyl (C=O) groups excluding carboxylic acids is 1. The van der Waals surface area contributed by atoms with Crippen molar-refractivity contribution in [2.75, 3.05) is 30.9 Å². The summed E-state index contributed by atoms with van der Waals surface area (Å²) in [6.45, 7) is 4.25. The van der Waals surface area contributed by atoms with Crippen LogP contribution in [0.15, 0.2) is 30.3 Å². The molecule has 0 saturated carbocycles. The molecule has 0 spiro atoms. The van der Waals surface area contributed by atoms with Gasteiger partial charge in [0.2, 0.25) is 15.9 Å². The number of carbonyl (C=O) groups is 1. The topological polar surface area (TPSA) is 78.5 Å². The van der Waals surface area contributed by atoms with Gasteiger partial charge in [0.1, 0.15) is 6.04 Å². The molecule has 8 heteroatoms. The fourth-order valence-electron chi connectivity index (χ4n) is 3.24. The maximum Gasteiger partial charge on any atom is 0.238 e. The van der Waals surface area contributed by atoms with Crippen molar-refractivity contribution < 1.29 is 13.2 Å². The highest BCUT2D eigenvalue weighted by atomic mass is 32.2. The summed E-state index contributed by atoms with van der Waals surface area (Å²) < 4.78 is 26.4. The number of amides is 1. The Morgan fingerprint density at radius 2 is 2.07 bits per heavy atom. The first kappa shape index (κ1) is 22.2. The van der Waals surface area contributed by atoms with Gasteiger partial charge in [0, 0.05) is 19.1 Å². The Balaban J connectivity index is 1.92. The van der Waals surface area contributed by atoms with Gasteiger partial charge in [0.05, 0.1) is 5.75 Å². The third-order valence-corrected chi connectivity index (χ3v) is 6.78. The molecule has 1 aromatic rings. The van der Waals surface area contributed by atoms with E-state index in [2.05, 4.69) is 27.1 Å². The van der Waals surface area contributed by atoms with Crippen LogP contribution in [0, 0.1) is 0 Å². The number of hydrogen-bond acceptors (Lipinski definition) is 5. The SMILES string of the molecule is CCS(=O)(=O)NC(CCSC)C(=O)NC1CCCN(Cc2ccccc2)C1. The number of rotatable bonds is 10. The van der Waals surface area contributed by atoms with Crippen LogP contribution >= 0.6 is 11.8 Å². The summed E-state index contributed by atoms with van der Waals surface area (Å²) in [6, 6.07) is 9.66. The fraction of sp³-hybridized carbons (Fsp3) is 0.632. The Morgan fingerprint density at radius 1 is 1.33 bits per heavy atom. The van der Waals surface area contributed by atoms with E-state index in [-0.39, 0.29) is 17.7 Å². The molecule has 0 bridgehead atoms. The number of sulfonamides is 1. The Labute approximate surface area is 167 Å². The number of likely N-dealkylation sites (tertiary alicyclic amines) is 1. The molecule has 152 valence electrons. The lowest BCUT2D eigenvalue weighted by Crippen LogP contribution is -2.54. The van der Waals surface area contributed by atoms with E-state index in [1.807, 2.05) is 24.5 Å². The molecular formula is C19H31N3O3S2. The van der Waals surface area contributed by atoms with Crippen LogP contribution in [0.25, 0.3) is 0 Å². The van der Waals surface area contributed by atoms with Crippen molar-refractivity contribution in [2.24, 2.45) is 0 Å². The zero-order chi connectivity index (χ0) is 19.7. The molecule has 6 nitrogen and oxygen atoms in total. The van der Waals surface area contributed by atoms with E-state index in [9.17, 15) is 13.2 Å². The predicted molar refractivity (Wildman–Crippen MR) is 112 cm³/mol. The molecule has 2 rings (SSSR count). The first-order valence-corrected chi connectivity index (χ1v) is 12.5. The van der Waals surface area contributed by atoms with Crippen LogP contribution < -0.4 is 10.0 Å². The van der Waals surface area contributed by atoms with Gasteiger partial charge >= 0.3 is 0 Å². The lowest BCUT2D eigenvalue weighted by Gasteiger charge is -2.34. The van der Waals surface area contributed by atoms with Crippen molar-refractivity contribution >= 4 is 27.7 Å². The monoisotopic (exact) mass is 413 g/mol. The van der Waals surface area contributed by atoms with Crippen molar-refractivity contribution in [1.82, 2.24) is 14.9 Å². The van der Waals surface area contributed by atoms with Gasteiger partial charge < -0.3 is 5.32 Å². The largest absolute Gasteiger partial charge is 0.351 e. The van der Waals surface area contributed by atoms with Gasteiger partial charge in [-0.05, 0) is 50.3 Å². The molecule has 1 fully saturated rings. The highest BCUT2D eigenvalue weighted by molar-refractivity contribution is 7.98. The van der Waals surface area contributed by atoms with Crippen LogP contribution in [0.2, 0.25) is 0 Å². The number of thioether (sulfide) groups is 1. The summed E-state index contributed by atoms with van der Waals surface area (Å²) in [6.07, 6.45) is 4.39. The second-order valence-electron chi connectivity index (χ2n) is 6.92. The third-order valence-electron chi connectivity index (χ3n) is 4.73. The molecule has 1 aliphatic rings. The Hall–Kier alpha value is -1.09. The van der Waals surface area contributed by atoms with Crippen LogP contribution in [0.3, 0.4) is 0 Å². The Bertz CT molecular complexity index is 683. The summed E-state index contributed by atoms with van der Waals surface area (Å²) in [5, 5.41) is 3.07. The van der Waals surface area contributed by atoms with E-state index in [1.165, 1.54) is 5.56 Å². The van der Waals surface area contributed by atoms with Crippen LogP contribution in [0.5, 0.6) is 0 Å². The van der Waals surface area contributed by atoms with Crippen molar-refractivity contribution in [3.05, 3.63) is 35.9 Å². The summed E-state index contributed by atoms with van der Waals surface area (Å²) in [5.41, 5.74) is 1.26. The Kier molecular flexibility index (Phi) is 9.08. The lowest BCUT2D eigenvalue weighted by atomic mass is 10.0. The first-order valence-electron chi connectivity index (χ1n) is 9.49. The van der Waals surface area contributed by atoms with Crippen LogP contribution in [-0.2, 0) is 21.4 Å². The quantitative estimate of drug-likeness (QED) is 0.612. The molecule has 2 atom stereocenters. The zero-order valence-electron chi connectivity index (χ0n) is 16.2. The van der Waals surface area contributed by atoms with E-state index < -0.39 is 16.1 Å². The van der Waals surface area contributed by atoms with Crippen molar-refractivity contribution in [3.8, 4) is 0 Å². The van der Waals surface area contributed by atoms with Gasteiger partial charge in [-0.15, -0.1) is 0 Å². The molecule has 1 aromatic carbocycles. The Morgan fingerprint density at radius 3 is 2.74 bits per heavy atom. The zero-order valence-corrected chi connectivity index (χ0v) is 17.8. The third kappa shape index (κ3) is 7.81. The molecule has 2 unspecified atom stereocenters. The molecule has 1 heterocycles. The van der Waals surface area contributed by atoms with E-state index in [4.69, 9.17) is 0 Å². The minimum atomic E-state index is -3.42. The second kappa shape index (κ2) is 11.0. The molecule has 0 aliphatic carbocycles. The van der Waals surface area contributed by atoms with Crippen LogP contribution in [0.4, 0.5) is 0 Å². The van der Waals surface area contributed by atoms with Crippen LogP contribution in [0.1, 0.15) is 31.7 Å². The van der Waals surface area contributed by atoms with E-state index >= 15 is 0 Å². The molecule has 0 aromatic heterocycles. The first-order chi connectivity index (χ1) is 12.9. The summed E-state index contributed by atoms with van der Waals surface area (Å²) in [5.74, 6) is 0.493. The number of nitrogens with zero attached hydrogens (tertiary/aromatic N) is 1.